The van der Waals surface area contributed by atoms with Gasteiger partial charge in [-0.05, 0) is 19.1 Å². The van der Waals surface area contributed by atoms with Crippen LogP contribution in [-0.4, -0.2) is 28.8 Å². The van der Waals surface area contributed by atoms with E-state index in [9.17, 15) is 4.79 Å². The van der Waals surface area contributed by atoms with Crippen molar-refractivity contribution in [3.63, 3.8) is 0 Å². The first-order valence-electron chi connectivity index (χ1n) is 5.66. The second-order valence-electron chi connectivity index (χ2n) is 4.07. The molecule has 0 spiro atoms. The minimum absolute atomic E-state index is 0.209. The number of hydrogen-bond donors (Lipinski definition) is 1. The van der Waals surface area contributed by atoms with Gasteiger partial charge in [0.05, 0.1) is 0 Å². The van der Waals surface area contributed by atoms with Crippen LogP contribution in [0.25, 0.3) is 0 Å². The van der Waals surface area contributed by atoms with E-state index in [1.54, 1.807) is 11.8 Å². The lowest BCUT2D eigenvalue weighted by atomic mass is 10.1. The Bertz CT molecular complexity index is 201. The van der Waals surface area contributed by atoms with Crippen molar-refractivity contribution in [1.29, 1.82) is 0 Å². The van der Waals surface area contributed by atoms with Gasteiger partial charge in [0.1, 0.15) is 0 Å². The van der Waals surface area contributed by atoms with E-state index in [0.717, 1.165) is 12.2 Å². The number of rotatable bonds is 4. The Morgan fingerprint density at radius 3 is 2.87 bits per heavy atom. The SMILES string of the molecule is CSCCC(=O)NC1CCCCCC1Br. The monoisotopic (exact) mass is 293 g/mol. The average Bonchev–Trinajstić information content (AvgIpc) is 2.42. The molecule has 4 heteroatoms. The molecule has 0 aliphatic heterocycles. The van der Waals surface area contributed by atoms with E-state index in [1.807, 2.05) is 6.26 Å². The third kappa shape index (κ3) is 5.25. The molecule has 1 amide bonds. The standard InChI is InChI=1S/C11H20BrNOS/c1-15-8-7-11(14)13-10-6-4-2-3-5-9(10)12/h9-10H,2-8H2,1H3,(H,13,14). The first-order valence-corrected chi connectivity index (χ1v) is 7.97. The van der Waals surface area contributed by atoms with Crippen LogP contribution in [0.4, 0.5) is 0 Å². The second kappa shape index (κ2) is 7.55. The molecule has 1 fully saturated rings. The summed E-state index contributed by atoms with van der Waals surface area (Å²) in [5, 5.41) is 3.14. The van der Waals surface area contributed by atoms with Gasteiger partial charge >= 0.3 is 0 Å². The van der Waals surface area contributed by atoms with Crippen molar-refractivity contribution in [1.82, 2.24) is 5.32 Å². The minimum Gasteiger partial charge on any atom is -0.352 e. The number of amides is 1. The summed E-state index contributed by atoms with van der Waals surface area (Å²) in [4.78, 5) is 12.1. The molecule has 88 valence electrons. The molecule has 1 aliphatic carbocycles. The first kappa shape index (κ1) is 13.4. The quantitative estimate of drug-likeness (QED) is 0.638. The summed E-state index contributed by atoms with van der Waals surface area (Å²) in [5.41, 5.74) is 0. The summed E-state index contributed by atoms with van der Waals surface area (Å²) in [7, 11) is 0. The van der Waals surface area contributed by atoms with E-state index in [0.29, 0.717) is 17.3 Å². The molecular weight excluding hydrogens is 274 g/mol. The van der Waals surface area contributed by atoms with Crippen LogP contribution in [0.5, 0.6) is 0 Å². The van der Waals surface area contributed by atoms with Crippen LogP contribution in [0.15, 0.2) is 0 Å². The maximum absolute atomic E-state index is 11.6. The zero-order valence-electron chi connectivity index (χ0n) is 9.30. The van der Waals surface area contributed by atoms with Gasteiger partial charge in [-0.1, -0.05) is 35.2 Å². The first-order chi connectivity index (χ1) is 7.24. The van der Waals surface area contributed by atoms with Crippen molar-refractivity contribution < 1.29 is 4.79 Å². The molecule has 0 bridgehead atoms. The Labute approximate surface area is 105 Å². The number of nitrogens with one attached hydrogen (secondary N) is 1. The van der Waals surface area contributed by atoms with E-state index in [2.05, 4.69) is 21.2 Å². The fourth-order valence-corrected chi connectivity index (χ4v) is 3.01. The molecular formula is C11H20BrNOS. The molecule has 15 heavy (non-hydrogen) atoms. The molecule has 1 rings (SSSR count). The highest BCUT2D eigenvalue weighted by atomic mass is 79.9. The van der Waals surface area contributed by atoms with Crippen molar-refractivity contribution in [3.8, 4) is 0 Å². The van der Waals surface area contributed by atoms with Crippen molar-refractivity contribution in [3.05, 3.63) is 0 Å². The van der Waals surface area contributed by atoms with E-state index >= 15 is 0 Å². The van der Waals surface area contributed by atoms with Gasteiger partial charge in [0.25, 0.3) is 0 Å². The van der Waals surface area contributed by atoms with Crippen molar-refractivity contribution >= 4 is 33.6 Å². The molecule has 2 unspecified atom stereocenters. The summed E-state index contributed by atoms with van der Waals surface area (Å²) in [6.45, 7) is 0. The predicted octanol–water partition coefficient (Wildman–Crippen LogP) is 2.95. The van der Waals surface area contributed by atoms with E-state index in [1.165, 1.54) is 25.7 Å². The Morgan fingerprint density at radius 1 is 1.40 bits per heavy atom. The van der Waals surface area contributed by atoms with Crippen LogP contribution in [0, 0.1) is 0 Å². The second-order valence-corrected chi connectivity index (χ2v) is 6.23. The summed E-state index contributed by atoms with van der Waals surface area (Å²) < 4.78 is 0. The van der Waals surface area contributed by atoms with E-state index in [-0.39, 0.29) is 5.91 Å². The Kier molecular flexibility index (Phi) is 6.73. The average molecular weight is 294 g/mol. The number of thioether (sulfide) groups is 1. The molecule has 2 atom stereocenters. The molecule has 1 saturated carbocycles. The Hall–Kier alpha value is 0.300. The molecule has 0 radical (unpaired) electrons. The van der Waals surface area contributed by atoms with Crippen LogP contribution in [-0.2, 0) is 4.79 Å². The number of alkyl halides is 1. The fraction of sp³-hybridized carbons (Fsp3) is 0.909. The highest BCUT2D eigenvalue weighted by molar-refractivity contribution is 9.09. The molecule has 0 aromatic carbocycles. The van der Waals surface area contributed by atoms with Gasteiger partial charge in [0.2, 0.25) is 5.91 Å². The topological polar surface area (TPSA) is 29.1 Å². The van der Waals surface area contributed by atoms with Crippen LogP contribution < -0.4 is 5.32 Å². The van der Waals surface area contributed by atoms with Crippen LogP contribution >= 0.6 is 27.7 Å². The minimum atomic E-state index is 0.209. The van der Waals surface area contributed by atoms with Gasteiger partial charge in [-0.3, -0.25) is 4.79 Å². The van der Waals surface area contributed by atoms with Gasteiger partial charge in [-0.25, -0.2) is 0 Å². The van der Waals surface area contributed by atoms with Crippen molar-refractivity contribution in [2.75, 3.05) is 12.0 Å². The lowest BCUT2D eigenvalue weighted by Crippen LogP contribution is -2.40. The molecule has 2 nitrogen and oxygen atoms in total. The van der Waals surface area contributed by atoms with Crippen LogP contribution in [0.1, 0.15) is 38.5 Å². The van der Waals surface area contributed by atoms with Crippen LogP contribution in [0.2, 0.25) is 0 Å². The molecule has 1 aliphatic rings. The number of carbonyl (C=O) groups is 1. The van der Waals surface area contributed by atoms with E-state index in [4.69, 9.17) is 0 Å². The zero-order valence-corrected chi connectivity index (χ0v) is 11.7. The van der Waals surface area contributed by atoms with Gasteiger partial charge in [-0.2, -0.15) is 11.8 Å². The third-order valence-electron chi connectivity index (χ3n) is 2.81. The molecule has 0 heterocycles. The van der Waals surface area contributed by atoms with Gasteiger partial charge in [0, 0.05) is 23.0 Å². The smallest absolute Gasteiger partial charge is 0.221 e. The third-order valence-corrected chi connectivity index (χ3v) is 4.52. The lowest BCUT2D eigenvalue weighted by molar-refractivity contribution is -0.121. The maximum Gasteiger partial charge on any atom is 0.221 e. The molecule has 0 saturated heterocycles. The lowest BCUT2D eigenvalue weighted by Gasteiger charge is -2.21. The van der Waals surface area contributed by atoms with Gasteiger partial charge in [-0.15, -0.1) is 0 Å². The van der Waals surface area contributed by atoms with Gasteiger partial charge < -0.3 is 5.32 Å². The number of halogens is 1. The highest BCUT2D eigenvalue weighted by Gasteiger charge is 2.22. The molecule has 0 aromatic rings. The number of carbonyl (C=O) groups excluding carboxylic acids is 1. The summed E-state index contributed by atoms with van der Waals surface area (Å²) in [6, 6.07) is 0.349. The fourth-order valence-electron chi connectivity index (χ4n) is 1.90. The number of hydrogen-bond acceptors (Lipinski definition) is 2. The maximum atomic E-state index is 11.6. The summed E-state index contributed by atoms with van der Waals surface area (Å²) in [5.74, 6) is 1.13. The normalized spacial score (nSPS) is 27.1. The Balaban J connectivity index is 2.30. The largest absolute Gasteiger partial charge is 0.352 e. The van der Waals surface area contributed by atoms with Crippen LogP contribution in [0.3, 0.4) is 0 Å². The van der Waals surface area contributed by atoms with Crippen molar-refractivity contribution in [2.24, 2.45) is 0 Å². The summed E-state index contributed by atoms with van der Waals surface area (Å²) >= 11 is 5.41. The highest BCUT2D eigenvalue weighted by Crippen LogP contribution is 2.23. The van der Waals surface area contributed by atoms with Crippen molar-refractivity contribution in [2.45, 2.75) is 49.4 Å². The molecule has 1 N–H and O–H groups in total. The predicted molar refractivity (Wildman–Crippen MR) is 70.7 cm³/mol. The van der Waals surface area contributed by atoms with E-state index < -0.39 is 0 Å². The molecule has 0 aromatic heterocycles. The summed E-state index contributed by atoms with van der Waals surface area (Å²) in [6.07, 6.45) is 8.83. The Morgan fingerprint density at radius 2 is 2.13 bits per heavy atom. The van der Waals surface area contributed by atoms with Gasteiger partial charge in [0.15, 0.2) is 0 Å². The zero-order chi connectivity index (χ0) is 11.1.